The van der Waals surface area contributed by atoms with Crippen molar-refractivity contribution in [2.75, 3.05) is 5.32 Å². The Morgan fingerprint density at radius 1 is 1.21 bits per heavy atom. The Morgan fingerprint density at radius 2 is 1.95 bits per heavy atom. The van der Waals surface area contributed by atoms with E-state index >= 15 is 0 Å². The molecule has 1 aliphatic carbocycles. The van der Waals surface area contributed by atoms with Crippen LogP contribution < -0.4 is 5.32 Å². The molecule has 2 aliphatic rings. The monoisotopic (exact) mass is 262 g/mol. The van der Waals surface area contributed by atoms with Crippen molar-refractivity contribution in [2.24, 2.45) is 10.9 Å². The molecule has 102 valence electrons. The zero-order valence-corrected chi connectivity index (χ0v) is 10.7. The molecule has 3 rings (SSSR count). The van der Waals surface area contributed by atoms with Gasteiger partial charge in [0.2, 0.25) is 0 Å². The van der Waals surface area contributed by atoms with Crippen molar-refractivity contribution in [1.82, 2.24) is 0 Å². The summed E-state index contributed by atoms with van der Waals surface area (Å²) < 4.78 is 5.63. The van der Waals surface area contributed by atoms with Gasteiger partial charge in [0.25, 0.3) is 6.02 Å². The third-order valence-corrected chi connectivity index (χ3v) is 3.82. The molecule has 1 saturated carbocycles. The first-order valence-corrected chi connectivity index (χ1v) is 6.58. The Kier molecular flexibility index (Phi) is 3.16. The van der Waals surface area contributed by atoms with Crippen molar-refractivity contribution in [3.05, 3.63) is 30.3 Å². The highest BCUT2D eigenvalue weighted by atomic mass is 16.5. The van der Waals surface area contributed by atoms with Gasteiger partial charge in [-0.2, -0.15) is 0 Å². The van der Waals surface area contributed by atoms with Crippen LogP contribution in [0.1, 0.15) is 13.3 Å². The van der Waals surface area contributed by atoms with E-state index in [-0.39, 0.29) is 12.0 Å². The molecule has 1 aromatic rings. The van der Waals surface area contributed by atoms with Crippen LogP contribution in [-0.4, -0.2) is 40.6 Å². The summed E-state index contributed by atoms with van der Waals surface area (Å²) in [4.78, 5) is 4.45. The number of fused-ring (bicyclic) bond motifs is 1. The molecule has 1 fully saturated rings. The van der Waals surface area contributed by atoms with E-state index in [1.807, 2.05) is 37.3 Å². The minimum atomic E-state index is -0.882. The fourth-order valence-electron chi connectivity index (χ4n) is 2.70. The SMILES string of the molecule is C[C@@H]1C[C@H]2N=C(Nc3ccccc3)O[C@H]2[C@H](O)[C@@H]1O. The van der Waals surface area contributed by atoms with Gasteiger partial charge in [-0.3, -0.25) is 0 Å². The van der Waals surface area contributed by atoms with Gasteiger partial charge >= 0.3 is 0 Å². The van der Waals surface area contributed by atoms with Crippen LogP contribution in [0.5, 0.6) is 0 Å². The maximum Gasteiger partial charge on any atom is 0.290 e. The lowest BCUT2D eigenvalue weighted by molar-refractivity contribution is -0.1000. The van der Waals surface area contributed by atoms with Gasteiger partial charge in [-0.1, -0.05) is 25.1 Å². The van der Waals surface area contributed by atoms with Gasteiger partial charge in [0.05, 0.1) is 12.1 Å². The topological polar surface area (TPSA) is 74.1 Å². The van der Waals surface area contributed by atoms with Crippen molar-refractivity contribution >= 4 is 11.7 Å². The summed E-state index contributed by atoms with van der Waals surface area (Å²) in [5, 5.41) is 23.0. The van der Waals surface area contributed by atoms with Crippen molar-refractivity contribution in [2.45, 2.75) is 37.7 Å². The molecule has 0 saturated heterocycles. The molecule has 1 aromatic carbocycles. The summed E-state index contributed by atoms with van der Waals surface area (Å²) in [6, 6.07) is 9.95. The summed E-state index contributed by atoms with van der Waals surface area (Å²) in [5.74, 6) is 0.0275. The molecule has 0 spiro atoms. The fourth-order valence-corrected chi connectivity index (χ4v) is 2.70. The van der Waals surface area contributed by atoms with Gasteiger partial charge in [0, 0.05) is 5.69 Å². The maximum absolute atomic E-state index is 10.0. The Hall–Kier alpha value is -1.59. The van der Waals surface area contributed by atoms with Crippen molar-refractivity contribution in [3.8, 4) is 0 Å². The summed E-state index contributed by atoms with van der Waals surface area (Å²) in [6.07, 6.45) is -1.35. The number of para-hydroxylation sites is 1. The Labute approximate surface area is 111 Å². The second-order valence-electron chi connectivity index (χ2n) is 5.27. The third-order valence-electron chi connectivity index (χ3n) is 3.82. The molecule has 3 N–H and O–H groups in total. The third kappa shape index (κ3) is 2.31. The van der Waals surface area contributed by atoms with Crippen LogP contribution in [0.4, 0.5) is 5.69 Å². The molecule has 1 aliphatic heterocycles. The predicted molar refractivity (Wildman–Crippen MR) is 72.0 cm³/mol. The summed E-state index contributed by atoms with van der Waals surface area (Å²) in [5.41, 5.74) is 0.892. The number of nitrogens with one attached hydrogen (secondary N) is 1. The number of amidine groups is 1. The smallest absolute Gasteiger partial charge is 0.290 e. The van der Waals surface area contributed by atoms with Crippen LogP contribution >= 0.6 is 0 Å². The van der Waals surface area contributed by atoms with Crippen molar-refractivity contribution in [1.29, 1.82) is 0 Å². The molecular weight excluding hydrogens is 244 g/mol. The standard InChI is InChI=1S/C14H18N2O3/c1-8-7-10-13(12(18)11(8)17)19-14(16-10)15-9-5-3-2-4-6-9/h2-6,8,10-13,17-18H,7H2,1H3,(H,15,16)/t8-,10-,11-,12-,13-/m1/s1. The molecule has 0 amide bonds. The zero-order chi connectivity index (χ0) is 13.4. The van der Waals surface area contributed by atoms with E-state index in [2.05, 4.69) is 10.3 Å². The first-order valence-electron chi connectivity index (χ1n) is 6.58. The molecule has 0 bridgehead atoms. The fraction of sp³-hybridized carbons (Fsp3) is 0.500. The van der Waals surface area contributed by atoms with Crippen LogP contribution in [-0.2, 0) is 4.74 Å². The van der Waals surface area contributed by atoms with Gasteiger partial charge in [-0.25, -0.2) is 4.99 Å². The Balaban J connectivity index is 1.72. The van der Waals surface area contributed by atoms with E-state index in [4.69, 9.17) is 4.74 Å². The van der Waals surface area contributed by atoms with Crippen molar-refractivity contribution in [3.63, 3.8) is 0 Å². The molecule has 5 nitrogen and oxygen atoms in total. The first kappa shape index (κ1) is 12.4. The van der Waals surface area contributed by atoms with E-state index in [1.54, 1.807) is 0 Å². The van der Waals surface area contributed by atoms with Crippen molar-refractivity contribution < 1.29 is 14.9 Å². The second kappa shape index (κ2) is 4.83. The van der Waals surface area contributed by atoms with E-state index in [1.165, 1.54) is 0 Å². The highest BCUT2D eigenvalue weighted by Crippen LogP contribution is 2.32. The largest absolute Gasteiger partial charge is 0.457 e. The summed E-state index contributed by atoms with van der Waals surface area (Å²) in [7, 11) is 0. The number of rotatable bonds is 1. The van der Waals surface area contributed by atoms with E-state index in [9.17, 15) is 10.2 Å². The minimum absolute atomic E-state index is 0.0275. The van der Waals surface area contributed by atoms with E-state index in [0.29, 0.717) is 6.02 Å². The van der Waals surface area contributed by atoms with Crippen LogP contribution in [0.15, 0.2) is 35.3 Å². The van der Waals surface area contributed by atoms with Crippen LogP contribution in [0.25, 0.3) is 0 Å². The molecule has 0 unspecified atom stereocenters. The number of aliphatic imine (C=N–C) groups is 1. The van der Waals surface area contributed by atoms with Gasteiger partial charge in [0.1, 0.15) is 6.10 Å². The van der Waals surface area contributed by atoms with Crippen LogP contribution in [0.3, 0.4) is 0 Å². The lowest BCUT2D eigenvalue weighted by Crippen LogP contribution is -2.51. The van der Waals surface area contributed by atoms with Crippen LogP contribution in [0.2, 0.25) is 0 Å². The second-order valence-corrected chi connectivity index (χ2v) is 5.27. The van der Waals surface area contributed by atoms with Gasteiger partial charge in [-0.05, 0) is 24.5 Å². The average Bonchev–Trinajstić information content (AvgIpc) is 2.80. The van der Waals surface area contributed by atoms with Crippen LogP contribution in [0, 0.1) is 5.92 Å². The number of aliphatic hydroxyl groups excluding tert-OH is 2. The van der Waals surface area contributed by atoms with E-state index in [0.717, 1.165) is 12.1 Å². The minimum Gasteiger partial charge on any atom is -0.457 e. The molecule has 19 heavy (non-hydrogen) atoms. The molecule has 5 atom stereocenters. The lowest BCUT2D eigenvalue weighted by Gasteiger charge is -2.36. The van der Waals surface area contributed by atoms with Gasteiger partial charge in [-0.15, -0.1) is 0 Å². The van der Waals surface area contributed by atoms with E-state index < -0.39 is 18.3 Å². The highest BCUT2D eigenvalue weighted by Gasteiger charge is 2.46. The zero-order valence-electron chi connectivity index (χ0n) is 10.7. The normalized spacial score (nSPS) is 37.2. The lowest BCUT2D eigenvalue weighted by atomic mass is 9.81. The number of hydrogen-bond acceptors (Lipinski definition) is 5. The predicted octanol–water partition coefficient (Wildman–Crippen LogP) is 0.983. The number of benzene rings is 1. The molecule has 5 heteroatoms. The Morgan fingerprint density at radius 3 is 2.68 bits per heavy atom. The average molecular weight is 262 g/mol. The van der Waals surface area contributed by atoms with Gasteiger partial charge in [0.15, 0.2) is 6.10 Å². The molecular formula is C14H18N2O3. The number of aliphatic hydroxyl groups is 2. The highest BCUT2D eigenvalue weighted by molar-refractivity contribution is 5.90. The first-order chi connectivity index (χ1) is 9.15. The molecule has 1 heterocycles. The molecule has 0 aromatic heterocycles. The number of hydrogen-bond donors (Lipinski definition) is 3. The summed E-state index contributed by atoms with van der Waals surface area (Å²) in [6.45, 7) is 1.92. The maximum atomic E-state index is 10.0. The number of ether oxygens (including phenoxy) is 1. The molecule has 0 radical (unpaired) electrons. The van der Waals surface area contributed by atoms with Gasteiger partial charge < -0.3 is 20.3 Å². The Bertz CT molecular complexity index is 477. The number of nitrogens with zero attached hydrogens (tertiary/aromatic N) is 1. The quantitative estimate of drug-likeness (QED) is 0.705. The number of anilines is 1. The summed E-state index contributed by atoms with van der Waals surface area (Å²) >= 11 is 0.